The molecule has 2 nitrogen and oxygen atoms in total. The standard InChI is InChI=1S/C8H9NO/c1-2-3-7-4-8(10)6-9-5-7/h2,4-6,10H,1,3H2. The second kappa shape index (κ2) is 3.01. The van der Waals surface area contributed by atoms with Gasteiger partial charge in [0.2, 0.25) is 0 Å². The van der Waals surface area contributed by atoms with Crippen molar-refractivity contribution in [2.24, 2.45) is 0 Å². The molecule has 0 aliphatic heterocycles. The Hall–Kier alpha value is -1.31. The molecule has 0 unspecified atom stereocenters. The lowest BCUT2D eigenvalue weighted by molar-refractivity contribution is 0.472. The van der Waals surface area contributed by atoms with Gasteiger partial charge in [-0.25, -0.2) is 0 Å². The predicted molar refractivity (Wildman–Crippen MR) is 39.8 cm³/mol. The highest BCUT2D eigenvalue weighted by atomic mass is 16.3. The average molecular weight is 135 g/mol. The summed E-state index contributed by atoms with van der Waals surface area (Å²) in [6.07, 6.45) is 5.64. The second-order valence-electron chi connectivity index (χ2n) is 2.04. The first-order chi connectivity index (χ1) is 4.83. The van der Waals surface area contributed by atoms with E-state index in [-0.39, 0.29) is 5.75 Å². The molecule has 0 aromatic carbocycles. The smallest absolute Gasteiger partial charge is 0.134 e. The summed E-state index contributed by atoms with van der Waals surface area (Å²) in [7, 11) is 0. The fraction of sp³-hybridized carbons (Fsp3) is 0.125. The minimum atomic E-state index is 0.208. The Morgan fingerprint density at radius 1 is 1.60 bits per heavy atom. The topological polar surface area (TPSA) is 33.1 Å². The van der Waals surface area contributed by atoms with Crippen LogP contribution in [0.3, 0.4) is 0 Å². The van der Waals surface area contributed by atoms with Gasteiger partial charge < -0.3 is 5.11 Å². The lowest BCUT2D eigenvalue weighted by Gasteiger charge is -1.94. The number of allylic oxidation sites excluding steroid dienone is 1. The summed E-state index contributed by atoms with van der Waals surface area (Å²) in [4.78, 5) is 3.81. The van der Waals surface area contributed by atoms with Gasteiger partial charge in [-0.2, -0.15) is 0 Å². The van der Waals surface area contributed by atoms with E-state index in [4.69, 9.17) is 5.11 Å². The van der Waals surface area contributed by atoms with Crippen LogP contribution in [-0.2, 0) is 6.42 Å². The maximum absolute atomic E-state index is 8.94. The van der Waals surface area contributed by atoms with Crippen molar-refractivity contribution in [2.45, 2.75) is 6.42 Å². The van der Waals surface area contributed by atoms with Crippen LogP contribution in [0.5, 0.6) is 5.75 Å². The van der Waals surface area contributed by atoms with Crippen LogP contribution in [0, 0.1) is 0 Å². The Bertz CT molecular complexity index is 232. The summed E-state index contributed by atoms with van der Waals surface area (Å²) < 4.78 is 0. The molecule has 52 valence electrons. The zero-order chi connectivity index (χ0) is 7.40. The number of pyridine rings is 1. The SMILES string of the molecule is C=CCc1cncc(O)c1. The maximum Gasteiger partial charge on any atom is 0.134 e. The second-order valence-corrected chi connectivity index (χ2v) is 2.04. The predicted octanol–water partition coefficient (Wildman–Crippen LogP) is 1.52. The highest BCUT2D eigenvalue weighted by molar-refractivity contribution is 5.23. The van der Waals surface area contributed by atoms with Gasteiger partial charge in [-0.15, -0.1) is 6.58 Å². The summed E-state index contributed by atoms with van der Waals surface area (Å²) in [5.74, 6) is 0.208. The molecule has 10 heavy (non-hydrogen) atoms. The van der Waals surface area contributed by atoms with Crippen molar-refractivity contribution < 1.29 is 5.11 Å². The molecule has 2 heteroatoms. The summed E-state index contributed by atoms with van der Waals surface area (Å²) >= 11 is 0. The normalized spacial score (nSPS) is 9.20. The van der Waals surface area contributed by atoms with E-state index in [0.29, 0.717) is 0 Å². The van der Waals surface area contributed by atoms with Gasteiger partial charge in [0.25, 0.3) is 0 Å². The van der Waals surface area contributed by atoms with E-state index >= 15 is 0 Å². The van der Waals surface area contributed by atoms with Crippen LogP contribution in [-0.4, -0.2) is 10.1 Å². The van der Waals surface area contributed by atoms with Gasteiger partial charge in [-0.3, -0.25) is 4.98 Å². The molecule has 0 atom stereocenters. The minimum absolute atomic E-state index is 0.208. The van der Waals surface area contributed by atoms with E-state index in [9.17, 15) is 0 Å². The van der Waals surface area contributed by atoms with E-state index in [1.165, 1.54) is 6.20 Å². The molecule has 0 radical (unpaired) electrons. The van der Waals surface area contributed by atoms with Gasteiger partial charge in [0, 0.05) is 6.20 Å². The maximum atomic E-state index is 8.94. The third-order valence-electron chi connectivity index (χ3n) is 1.16. The fourth-order valence-electron chi connectivity index (χ4n) is 0.752. The van der Waals surface area contributed by atoms with E-state index in [1.807, 2.05) is 0 Å². The zero-order valence-corrected chi connectivity index (χ0v) is 5.62. The third kappa shape index (κ3) is 1.58. The van der Waals surface area contributed by atoms with Crippen LogP contribution < -0.4 is 0 Å². The van der Waals surface area contributed by atoms with Crippen LogP contribution in [0.2, 0.25) is 0 Å². The number of aromatic nitrogens is 1. The van der Waals surface area contributed by atoms with Crippen LogP contribution in [0.15, 0.2) is 31.1 Å². The Morgan fingerprint density at radius 3 is 3.00 bits per heavy atom. The van der Waals surface area contributed by atoms with Gasteiger partial charge >= 0.3 is 0 Å². The van der Waals surface area contributed by atoms with Gasteiger partial charge in [0.15, 0.2) is 0 Å². The molecule has 0 aliphatic carbocycles. The first-order valence-corrected chi connectivity index (χ1v) is 3.06. The monoisotopic (exact) mass is 135 g/mol. The first kappa shape index (κ1) is 6.81. The van der Waals surface area contributed by atoms with Crippen LogP contribution in [0.4, 0.5) is 0 Å². The van der Waals surface area contributed by atoms with E-state index in [2.05, 4.69) is 11.6 Å². The molecule has 1 aromatic heterocycles. The Labute approximate surface area is 59.9 Å². The molecule has 0 amide bonds. The lowest BCUT2D eigenvalue weighted by Crippen LogP contribution is -1.81. The molecule has 0 spiro atoms. The molecular weight excluding hydrogens is 126 g/mol. The van der Waals surface area contributed by atoms with Gasteiger partial charge in [0.05, 0.1) is 6.20 Å². The van der Waals surface area contributed by atoms with E-state index in [1.54, 1.807) is 18.3 Å². The van der Waals surface area contributed by atoms with E-state index < -0.39 is 0 Å². The lowest BCUT2D eigenvalue weighted by atomic mass is 10.2. The number of rotatable bonds is 2. The third-order valence-corrected chi connectivity index (χ3v) is 1.16. The van der Waals surface area contributed by atoms with Crippen molar-refractivity contribution in [3.8, 4) is 5.75 Å². The van der Waals surface area contributed by atoms with Gasteiger partial charge in [-0.1, -0.05) is 6.08 Å². The van der Waals surface area contributed by atoms with Crippen molar-refractivity contribution >= 4 is 0 Å². The zero-order valence-electron chi connectivity index (χ0n) is 5.62. The van der Waals surface area contributed by atoms with Gasteiger partial charge in [0.1, 0.15) is 5.75 Å². The number of hydrogen-bond donors (Lipinski definition) is 1. The Morgan fingerprint density at radius 2 is 2.40 bits per heavy atom. The highest BCUT2D eigenvalue weighted by Crippen LogP contribution is 2.08. The molecular formula is C8H9NO. The van der Waals surface area contributed by atoms with Crippen molar-refractivity contribution in [1.82, 2.24) is 4.98 Å². The molecule has 0 bridgehead atoms. The van der Waals surface area contributed by atoms with Crippen LogP contribution in [0.1, 0.15) is 5.56 Å². The molecule has 0 fully saturated rings. The van der Waals surface area contributed by atoms with Crippen LogP contribution in [0.25, 0.3) is 0 Å². The van der Waals surface area contributed by atoms with Crippen molar-refractivity contribution in [3.63, 3.8) is 0 Å². The summed E-state index contributed by atoms with van der Waals surface area (Å²) in [6, 6.07) is 1.68. The summed E-state index contributed by atoms with van der Waals surface area (Å²) in [5.41, 5.74) is 0.981. The number of hydrogen-bond acceptors (Lipinski definition) is 2. The highest BCUT2D eigenvalue weighted by Gasteiger charge is 1.90. The summed E-state index contributed by atoms with van der Waals surface area (Å²) in [6.45, 7) is 3.58. The molecule has 0 saturated carbocycles. The average Bonchev–Trinajstić information content (AvgIpc) is 1.88. The summed E-state index contributed by atoms with van der Waals surface area (Å²) in [5, 5.41) is 8.94. The minimum Gasteiger partial charge on any atom is -0.506 e. The Balaban J connectivity index is 2.84. The fourth-order valence-corrected chi connectivity index (χ4v) is 0.752. The Kier molecular flexibility index (Phi) is 2.05. The van der Waals surface area contributed by atoms with E-state index in [0.717, 1.165) is 12.0 Å². The first-order valence-electron chi connectivity index (χ1n) is 3.06. The van der Waals surface area contributed by atoms with Crippen molar-refractivity contribution in [1.29, 1.82) is 0 Å². The molecule has 1 rings (SSSR count). The number of aromatic hydroxyl groups is 1. The number of nitrogens with zero attached hydrogens (tertiary/aromatic N) is 1. The van der Waals surface area contributed by atoms with Gasteiger partial charge in [-0.05, 0) is 18.1 Å². The van der Waals surface area contributed by atoms with Crippen LogP contribution >= 0.6 is 0 Å². The molecule has 1 aromatic rings. The quantitative estimate of drug-likeness (QED) is 0.623. The molecule has 0 aliphatic rings. The molecule has 1 N–H and O–H groups in total. The van der Waals surface area contributed by atoms with Crippen molar-refractivity contribution in [2.75, 3.05) is 0 Å². The van der Waals surface area contributed by atoms with Crippen molar-refractivity contribution in [3.05, 3.63) is 36.7 Å². The largest absolute Gasteiger partial charge is 0.506 e. The molecule has 1 heterocycles. The molecule has 0 saturated heterocycles.